The lowest BCUT2D eigenvalue weighted by atomic mass is 10.1. The van der Waals surface area contributed by atoms with E-state index < -0.39 is 12.1 Å². The fourth-order valence-corrected chi connectivity index (χ4v) is 2.56. The molecule has 1 atom stereocenters. The highest BCUT2D eigenvalue weighted by molar-refractivity contribution is 5.92. The highest BCUT2D eigenvalue weighted by Crippen LogP contribution is 2.11. The van der Waals surface area contributed by atoms with E-state index in [2.05, 4.69) is 5.32 Å². The summed E-state index contributed by atoms with van der Waals surface area (Å²) in [6, 6.07) is 12.5. The van der Waals surface area contributed by atoms with Gasteiger partial charge in [0.1, 0.15) is 5.82 Å². The quantitative estimate of drug-likeness (QED) is 0.743. The molecule has 7 heteroatoms. The number of hydrogen-bond donors (Lipinski definition) is 1. The first kappa shape index (κ1) is 21.1. The van der Waals surface area contributed by atoms with Crippen LogP contribution in [0.1, 0.15) is 35.3 Å². The van der Waals surface area contributed by atoms with Crippen LogP contribution in [0, 0.1) is 5.82 Å². The van der Waals surface area contributed by atoms with Gasteiger partial charge in [-0.15, -0.1) is 0 Å². The van der Waals surface area contributed by atoms with Crippen LogP contribution in [0.25, 0.3) is 0 Å². The summed E-state index contributed by atoms with van der Waals surface area (Å²) >= 11 is 0. The molecule has 0 heterocycles. The third-order valence-corrected chi connectivity index (χ3v) is 4.05. The average Bonchev–Trinajstić information content (AvgIpc) is 2.66. The van der Waals surface area contributed by atoms with Gasteiger partial charge in [-0.3, -0.25) is 9.59 Å². The summed E-state index contributed by atoms with van der Waals surface area (Å²) in [5.41, 5.74) is 1.79. The van der Waals surface area contributed by atoms with Crippen LogP contribution in [0.3, 0.4) is 0 Å². The highest BCUT2D eigenvalue weighted by Gasteiger charge is 2.22. The van der Waals surface area contributed by atoms with Crippen molar-refractivity contribution in [3.63, 3.8) is 0 Å². The van der Waals surface area contributed by atoms with Crippen LogP contribution in [0.5, 0.6) is 0 Å². The number of esters is 1. The fraction of sp³-hybridized carbons (Fsp3) is 0.286. The van der Waals surface area contributed by atoms with E-state index in [4.69, 9.17) is 4.74 Å². The normalized spacial score (nSPS) is 11.4. The summed E-state index contributed by atoms with van der Waals surface area (Å²) in [5, 5.41) is 2.66. The third kappa shape index (κ3) is 6.19. The molecule has 0 radical (unpaired) electrons. The Labute approximate surface area is 163 Å². The zero-order valence-corrected chi connectivity index (χ0v) is 16.1. The number of nitrogens with one attached hydrogen (secondary N) is 1. The van der Waals surface area contributed by atoms with Gasteiger partial charge >= 0.3 is 5.97 Å². The van der Waals surface area contributed by atoms with Crippen LogP contribution < -0.4 is 5.32 Å². The Hall–Kier alpha value is -3.22. The second kappa shape index (κ2) is 9.64. The van der Waals surface area contributed by atoms with E-state index in [0.717, 1.165) is 5.56 Å². The zero-order chi connectivity index (χ0) is 20.7. The molecule has 2 amide bonds. The number of benzene rings is 2. The zero-order valence-electron chi connectivity index (χ0n) is 16.1. The van der Waals surface area contributed by atoms with E-state index in [1.54, 1.807) is 43.4 Å². The summed E-state index contributed by atoms with van der Waals surface area (Å²) in [7, 11) is 1.56. The van der Waals surface area contributed by atoms with Crippen molar-refractivity contribution in [3.05, 3.63) is 71.0 Å². The number of carbonyl (C=O) groups is 3. The number of ether oxygens (including phenoxy) is 1. The molecule has 0 saturated heterocycles. The van der Waals surface area contributed by atoms with Gasteiger partial charge in [-0.2, -0.15) is 0 Å². The standard InChI is InChI=1S/C21H23FN2O4/c1-14(20(26)24(3)13-17-5-4-6-19(22)11-17)28-21(27)18-9-7-16(8-10-18)12-23-15(2)25/h4-11,14H,12-13H2,1-3H3,(H,23,25). The van der Waals surface area contributed by atoms with E-state index in [-0.39, 0.29) is 24.2 Å². The van der Waals surface area contributed by atoms with E-state index in [1.807, 2.05) is 0 Å². The van der Waals surface area contributed by atoms with Crippen molar-refractivity contribution < 1.29 is 23.5 Å². The van der Waals surface area contributed by atoms with Gasteiger partial charge in [0.05, 0.1) is 5.56 Å². The van der Waals surface area contributed by atoms with Gasteiger partial charge in [0.2, 0.25) is 5.91 Å². The monoisotopic (exact) mass is 386 g/mol. The number of rotatable bonds is 7. The van der Waals surface area contributed by atoms with Crippen molar-refractivity contribution in [2.24, 2.45) is 0 Å². The average molecular weight is 386 g/mol. The molecule has 28 heavy (non-hydrogen) atoms. The van der Waals surface area contributed by atoms with Crippen molar-refractivity contribution in [2.75, 3.05) is 7.05 Å². The van der Waals surface area contributed by atoms with Crippen LogP contribution in [0.4, 0.5) is 4.39 Å². The van der Waals surface area contributed by atoms with Crippen molar-refractivity contribution in [2.45, 2.75) is 33.0 Å². The first-order valence-electron chi connectivity index (χ1n) is 8.80. The van der Waals surface area contributed by atoms with Gasteiger partial charge in [0, 0.05) is 27.1 Å². The molecule has 2 aromatic rings. The number of likely N-dealkylation sites (N-methyl/N-ethyl adjacent to an activating group) is 1. The molecular formula is C21H23FN2O4. The predicted molar refractivity (Wildman–Crippen MR) is 102 cm³/mol. The van der Waals surface area contributed by atoms with E-state index in [1.165, 1.54) is 30.9 Å². The molecule has 2 rings (SSSR count). The molecule has 0 aliphatic carbocycles. The Morgan fingerprint density at radius 2 is 1.79 bits per heavy atom. The summed E-state index contributed by atoms with van der Waals surface area (Å²) in [4.78, 5) is 37.0. The SMILES string of the molecule is CC(=O)NCc1ccc(C(=O)OC(C)C(=O)N(C)Cc2cccc(F)c2)cc1. The third-order valence-electron chi connectivity index (χ3n) is 4.05. The molecule has 0 fully saturated rings. The molecule has 0 saturated carbocycles. The predicted octanol–water partition coefficient (Wildman–Crippen LogP) is 2.67. The molecule has 0 aliphatic heterocycles. The molecule has 0 bridgehead atoms. The molecule has 2 aromatic carbocycles. The van der Waals surface area contributed by atoms with Gasteiger partial charge in [0.25, 0.3) is 5.91 Å². The van der Waals surface area contributed by atoms with Crippen LogP contribution in [-0.4, -0.2) is 35.8 Å². The minimum Gasteiger partial charge on any atom is -0.449 e. The maximum atomic E-state index is 13.3. The Balaban J connectivity index is 1.91. The van der Waals surface area contributed by atoms with Gasteiger partial charge in [-0.1, -0.05) is 24.3 Å². The van der Waals surface area contributed by atoms with Crippen molar-refractivity contribution in [1.82, 2.24) is 10.2 Å². The molecule has 0 spiro atoms. The number of halogens is 1. The molecule has 0 aromatic heterocycles. The largest absolute Gasteiger partial charge is 0.449 e. The Morgan fingerprint density at radius 1 is 1.11 bits per heavy atom. The molecule has 148 valence electrons. The number of carbonyl (C=O) groups excluding carboxylic acids is 3. The van der Waals surface area contributed by atoms with Crippen LogP contribution in [-0.2, 0) is 27.4 Å². The van der Waals surface area contributed by atoms with Crippen molar-refractivity contribution in [1.29, 1.82) is 0 Å². The Bertz CT molecular complexity index is 852. The van der Waals surface area contributed by atoms with E-state index in [0.29, 0.717) is 17.7 Å². The fourth-order valence-electron chi connectivity index (χ4n) is 2.56. The highest BCUT2D eigenvalue weighted by atomic mass is 19.1. The Kier molecular flexibility index (Phi) is 7.26. The van der Waals surface area contributed by atoms with E-state index >= 15 is 0 Å². The smallest absolute Gasteiger partial charge is 0.338 e. The Morgan fingerprint density at radius 3 is 2.39 bits per heavy atom. The minimum atomic E-state index is -0.981. The summed E-state index contributed by atoms with van der Waals surface area (Å²) in [6.45, 7) is 3.49. The maximum absolute atomic E-state index is 13.3. The molecule has 1 N–H and O–H groups in total. The topological polar surface area (TPSA) is 75.7 Å². The number of amides is 2. The lowest BCUT2D eigenvalue weighted by molar-refractivity contribution is -0.139. The molecule has 6 nitrogen and oxygen atoms in total. The molecule has 1 unspecified atom stereocenters. The van der Waals surface area contributed by atoms with Crippen LogP contribution >= 0.6 is 0 Å². The van der Waals surface area contributed by atoms with Gasteiger partial charge in [-0.05, 0) is 42.3 Å². The summed E-state index contributed by atoms with van der Waals surface area (Å²) in [5.74, 6) is -1.52. The van der Waals surface area contributed by atoms with E-state index in [9.17, 15) is 18.8 Å². The van der Waals surface area contributed by atoms with Gasteiger partial charge in [-0.25, -0.2) is 9.18 Å². The second-order valence-corrected chi connectivity index (χ2v) is 6.48. The first-order valence-corrected chi connectivity index (χ1v) is 8.80. The number of hydrogen-bond acceptors (Lipinski definition) is 4. The first-order chi connectivity index (χ1) is 13.3. The van der Waals surface area contributed by atoms with Crippen molar-refractivity contribution in [3.8, 4) is 0 Å². The summed E-state index contributed by atoms with van der Waals surface area (Å²) in [6.07, 6.45) is -0.981. The van der Waals surface area contributed by atoms with Crippen molar-refractivity contribution >= 4 is 17.8 Å². The van der Waals surface area contributed by atoms with Gasteiger partial charge in [0.15, 0.2) is 6.10 Å². The maximum Gasteiger partial charge on any atom is 0.338 e. The van der Waals surface area contributed by atoms with Gasteiger partial charge < -0.3 is 15.0 Å². The van der Waals surface area contributed by atoms with Crippen LogP contribution in [0.15, 0.2) is 48.5 Å². The molecule has 0 aliphatic rings. The lowest BCUT2D eigenvalue weighted by Gasteiger charge is -2.21. The van der Waals surface area contributed by atoms with Crippen LogP contribution in [0.2, 0.25) is 0 Å². The second-order valence-electron chi connectivity index (χ2n) is 6.48. The molecular weight excluding hydrogens is 363 g/mol. The minimum absolute atomic E-state index is 0.141. The summed E-state index contributed by atoms with van der Waals surface area (Å²) < 4.78 is 18.5. The number of nitrogens with zero attached hydrogens (tertiary/aromatic N) is 1. The lowest BCUT2D eigenvalue weighted by Crippen LogP contribution is -2.37.